The second kappa shape index (κ2) is 4.94. The standard InChI is InChI=1S/C12H15ClO4/c1-7-4-10(17-3)8(5-9(7)13)12(2,16)6-11(14)15/h4-5,16H,6H2,1-3H3,(H,14,15). The topological polar surface area (TPSA) is 66.8 Å². The molecule has 1 aromatic carbocycles. The Bertz CT molecular complexity index is 440. The molecule has 1 aromatic rings. The Morgan fingerprint density at radius 2 is 2.12 bits per heavy atom. The number of benzene rings is 1. The van der Waals surface area contributed by atoms with Crippen molar-refractivity contribution < 1.29 is 19.7 Å². The molecular weight excluding hydrogens is 244 g/mol. The van der Waals surface area contributed by atoms with Crippen LogP contribution in [-0.2, 0) is 10.4 Å². The van der Waals surface area contributed by atoms with Crippen LogP contribution in [0.1, 0.15) is 24.5 Å². The van der Waals surface area contributed by atoms with Crippen molar-refractivity contribution >= 4 is 17.6 Å². The fraction of sp³-hybridized carbons (Fsp3) is 0.417. The van der Waals surface area contributed by atoms with Gasteiger partial charge in [-0.25, -0.2) is 0 Å². The summed E-state index contributed by atoms with van der Waals surface area (Å²) >= 11 is 5.97. The van der Waals surface area contributed by atoms with Crippen LogP contribution >= 0.6 is 11.6 Å². The molecule has 0 aromatic heterocycles. The number of methoxy groups -OCH3 is 1. The number of halogens is 1. The van der Waals surface area contributed by atoms with Crippen molar-refractivity contribution in [2.45, 2.75) is 25.9 Å². The minimum Gasteiger partial charge on any atom is -0.496 e. The molecule has 2 N–H and O–H groups in total. The van der Waals surface area contributed by atoms with E-state index in [2.05, 4.69) is 0 Å². The van der Waals surface area contributed by atoms with E-state index in [0.717, 1.165) is 5.56 Å². The van der Waals surface area contributed by atoms with Gasteiger partial charge in [-0.15, -0.1) is 0 Å². The van der Waals surface area contributed by atoms with Gasteiger partial charge in [0.05, 0.1) is 13.5 Å². The van der Waals surface area contributed by atoms with Crippen molar-refractivity contribution in [3.8, 4) is 5.75 Å². The Morgan fingerprint density at radius 1 is 1.53 bits per heavy atom. The number of aliphatic hydroxyl groups is 1. The lowest BCUT2D eigenvalue weighted by Gasteiger charge is -2.24. The number of aliphatic carboxylic acids is 1. The van der Waals surface area contributed by atoms with Crippen LogP contribution in [0.15, 0.2) is 12.1 Å². The van der Waals surface area contributed by atoms with E-state index < -0.39 is 18.0 Å². The Kier molecular flexibility index (Phi) is 4.01. The fourth-order valence-electron chi connectivity index (χ4n) is 1.63. The van der Waals surface area contributed by atoms with Crippen molar-refractivity contribution in [2.24, 2.45) is 0 Å². The van der Waals surface area contributed by atoms with Gasteiger partial charge in [-0.2, -0.15) is 0 Å². The minimum atomic E-state index is -1.52. The quantitative estimate of drug-likeness (QED) is 0.870. The summed E-state index contributed by atoms with van der Waals surface area (Å²) in [5.74, 6) is -0.660. The number of ether oxygens (including phenoxy) is 1. The smallest absolute Gasteiger partial charge is 0.306 e. The summed E-state index contributed by atoms with van der Waals surface area (Å²) in [5.41, 5.74) is -0.342. The molecule has 5 heteroatoms. The van der Waals surface area contributed by atoms with Crippen molar-refractivity contribution in [1.29, 1.82) is 0 Å². The molecule has 4 nitrogen and oxygen atoms in total. The lowest BCUT2D eigenvalue weighted by Crippen LogP contribution is -2.25. The highest BCUT2D eigenvalue weighted by molar-refractivity contribution is 6.31. The zero-order chi connectivity index (χ0) is 13.2. The number of hydrogen-bond donors (Lipinski definition) is 2. The van der Waals surface area contributed by atoms with E-state index in [4.69, 9.17) is 21.4 Å². The Balaban J connectivity index is 3.28. The first-order valence-corrected chi connectivity index (χ1v) is 5.44. The molecular formula is C12H15ClO4. The average Bonchev–Trinajstić information content (AvgIpc) is 2.19. The van der Waals surface area contributed by atoms with Crippen LogP contribution in [0.3, 0.4) is 0 Å². The maximum absolute atomic E-state index is 10.7. The first-order valence-electron chi connectivity index (χ1n) is 5.06. The maximum Gasteiger partial charge on any atom is 0.306 e. The van der Waals surface area contributed by atoms with Crippen LogP contribution in [0.2, 0.25) is 5.02 Å². The summed E-state index contributed by atoms with van der Waals surface area (Å²) < 4.78 is 5.14. The molecule has 0 spiro atoms. The Labute approximate surface area is 105 Å². The Hall–Kier alpha value is -1.26. The molecule has 0 aliphatic rings. The normalized spacial score (nSPS) is 14.2. The summed E-state index contributed by atoms with van der Waals surface area (Å²) in [7, 11) is 1.46. The van der Waals surface area contributed by atoms with Crippen LogP contribution in [0.5, 0.6) is 5.75 Å². The number of carboxylic acids is 1. The molecule has 17 heavy (non-hydrogen) atoms. The van der Waals surface area contributed by atoms with E-state index in [9.17, 15) is 9.90 Å². The van der Waals surface area contributed by atoms with Crippen molar-refractivity contribution in [2.75, 3.05) is 7.11 Å². The summed E-state index contributed by atoms with van der Waals surface area (Å²) in [6.07, 6.45) is -0.414. The molecule has 0 saturated heterocycles. The van der Waals surface area contributed by atoms with Gasteiger partial charge in [0.15, 0.2) is 0 Å². The van der Waals surface area contributed by atoms with Crippen LogP contribution in [0.25, 0.3) is 0 Å². The summed E-state index contributed by atoms with van der Waals surface area (Å²) in [4.78, 5) is 10.7. The van der Waals surface area contributed by atoms with Crippen LogP contribution in [0, 0.1) is 6.92 Å². The average molecular weight is 259 g/mol. The molecule has 1 atom stereocenters. The number of hydrogen-bond acceptors (Lipinski definition) is 3. The summed E-state index contributed by atoms with van der Waals surface area (Å²) in [6, 6.07) is 3.21. The zero-order valence-electron chi connectivity index (χ0n) is 9.95. The molecule has 0 bridgehead atoms. The third-order valence-electron chi connectivity index (χ3n) is 2.56. The van der Waals surface area contributed by atoms with E-state index in [-0.39, 0.29) is 0 Å². The maximum atomic E-state index is 10.7. The van der Waals surface area contributed by atoms with Gasteiger partial charge in [-0.1, -0.05) is 11.6 Å². The lowest BCUT2D eigenvalue weighted by molar-refractivity contribution is -0.142. The molecule has 1 rings (SSSR count). The van der Waals surface area contributed by atoms with Crippen LogP contribution in [-0.4, -0.2) is 23.3 Å². The molecule has 0 radical (unpaired) electrons. The lowest BCUT2D eigenvalue weighted by atomic mass is 9.91. The van der Waals surface area contributed by atoms with Crippen molar-refractivity contribution in [3.05, 3.63) is 28.3 Å². The van der Waals surface area contributed by atoms with E-state index >= 15 is 0 Å². The van der Waals surface area contributed by atoms with Gasteiger partial charge in [-0.3, -0.25) is 4.79 Å². The van der Waals surface area contributed by atoms with Gasteiger partial charge < -0.3 is 14.9 Å². The molecule has 0 aliphatic heterocycles. The van der Waals surface area contributed by atoms with Crippen LogP contribution < -0.4 is 4.74 Å². The highest BCUT2D eigenvalue weighted by atomic mass is 35.5. The largest absolute Gasteiger partial charge is 0.496 e. The summed E-state index contributed by atoms with van der Waals surface area (Å²) in [5, 5.41) is 19.4. The molecule has 0 fully saturated rings. The fourth-order valence-corrected chi connectivity index (χ4v) is 1.80. The highest BCUT2D eigenvalue weighted by Gasteiger charge is 2.30. The molecule has 0 heterocycles. The first-order chi connectivity index (χ1) is 7.77. The van der Waals surface area contributed by atoms with Crippen molar-refractivity contribution in [3.63, 3.8) is 0 Å². The monoisotopic (exact) mass is 258 g/mol. The Morgan fingerprint density at radius 3 is 2.59 bits per heavy atom. The third kappa shape index (κ3) is 3.11. The van der Waals surface area contributed by atoms with Gasteiger partial charge in [0.25, 0.3) is 0 Å². The second-order valence-electron chi connectivity index (χ2n) is 4.15. The van der Waals surface area contributed by atoms with Crippen molar-refractivity contribution in [1.82, 2.24) is 0 Å². The summed E-state index contributed by atoms with van der Waals surface area (Å²) in [6.45, 7) is 3.23. The number of carboxylic acid groups (broad SMARTS) is 1. The zero-order valence-corrected chi connectivity index (χ0v) is 10.7. The highest BCUT2D eigenvalue weighted by Crippen LogP contribution is 2.36. The van der Waals surface area contributed by atoms with E-state index in [1.54, 1.807) is 19.1 Å². The number of rotatable bonds is 4. The van der Waals surface area contributed by atoms with E-state index in [1.807, 2.05) is 0 Å². The molecule has 94 valence electrons. The predicted octanol–water partition coefficient (Wildman–Crippen LogP) is 2.34. The third-order valence-corrected chi connectivity index (χ3v) is 2.96. The number of aryl methyl sites for hydroxylation is 1. The van der Waals surface area contributed by atoms with Gasteiger partial charge >= 0.3 is 5.97 Å². The second-order valence-corrected chi connectivity index (χ2v) is 4.55. The van der Waals surface area contributed by atoms with Gasteiger partial charge in [-0.05, 0) is 31.5 Å². The molecule has 0 saturated carbocycles. The van der Waals surface area contributed by atoms with E-state index in [0.29, 0.717) is 16.3 Å². The number of carbonyl (C=O) groups is 1. The van der Waals surface area contributed by atoms with Crippen LogP contribution in [0.4, 0.5) is 0 Å². The minimum absolute atomic E-state index is 0.373. The molecule has 0 aliphatic carbocycles. The SMILES string of the molecule is COc1cc(C)c(Cl)cc1C(C)(O)CC(=O)O. The predicted molar refractivity (Wildman–Crippen MR) is 64.6 cm³/mol. The van der Waals surface area contributed by atoms with E-state index in [1.165, 1.54) is 14.0 Å². The van der Waals surface area contributed by atoms with Gasteiger partial charge in [0.2, 0.25) is 0 Å². The van der Waals surface area contributed by atoms with Gasteiger partial charge in [0.1, 0.15) is 11.4 Å². The first kappa shape index (κ1) is 13.8. The molecule has 1 unspecified atom stereocenters. The van der Waals surface area contributed by atoms with Gasteiger partial charge in [0, 0.05) is 10.6 Å². The molecule has 0 amide bonds.